The van der Waals surface area contributed by atoms with Crippen molar-refractivity contribution >= 4 is 22.6 Å². The molecule has 1 aliphatic heterocycles. The van der Waals surface area contributed by atoms with Crippen LogP contribution in [-0.2, 0) is 11.3 Å². The number of aromatic nitrogens is 3. The molecule has 4 aromatic rings. The van der Waals surface area contributed by atoms with Crippen LogP contribution in [0.25, 0.3) is 16.6 Å². The van der Waals surface area contributed by atoms with Crippen LogP contribution in [0.1, 0.15) is 28.8 Å². The molecule has 166 valence electrons. The molecule has 1 N–H and O–H groups in total. The van der Waals surface area contributed by atoms with Gasteiger partial charge in [0.2, 0.25) is 5.91 Å². The summed E-state index contributed by atoms with van der Waals surface area (Å²) in [5.41, 5.74) is 1.60. The van der Waals surface area contributed by atoms with Crippen LogP contribution < -0.4 is 5.32 Å². The van der Waals surface area contributed by atoms with Crippen LogP contribution in [0.5, 0.6) is 0 Å². The SMILES string of the molecule is O=C(NCc1cccnc1-n1ccnc1)[C@H]1CCCN(C(=O)c2cccc3ccccc23)C1. The number of hydrogen-bond acceptors (Lipinski definition) is 4. The number of rotatable bonds is 5. The molecule has 1 atom stereocenters. The summed E-state index contributed by atoms with van der Waals surface area (Å²) < 4.78 is 1.83. The average molecular weight is 440 g/mol. The quantitative estimate of drug-likeness (QED) is 0.515. The van der Waals surface area contributed by atoms with Gasteiger partial charge in [-0.25, -0.2) is 9.97 Å². The van der Waals surface area contributed by atoms with E-state index in [0.717, 1.165) is 35.0 Å². The fraction of sp³-hybridized carbons (Fsp3) is 0.231. The number of nitrogens with one attached hydrogen (secondary N) is 1. The van der Waals surface area contributed by atoms with E-state index < -0.39 is 0 Å². The van der Waals surface area contributed by atoms with Crippen LogP contribution in [-0.4, -0.2) is 44.3 Å². The molecule has 5 rings (SSSR count). The number of pyridine rings is 1. The molecule has 0 saturated carbocycles. The maximum absolute atomic E-state index is 13.3. The molecule has 0 bridgehead atoms. The Bertz CT molecular complexity index is 1280. The number of amides is 2. The van der Waals surface area contributed by atoms with Gasteiger partial charge in [0.15, 0.2) is 0 Å². The molecule has 7 nitrogen and oxygen atoms in total. The van der Waals surface area contributed by atoms with Gasteiger partial charge in [-0.2, -0.15) is 0 Å². The fourth-order valence-corrected chi connectivity index (χ4v) is 4.47. The molecule has 3 heterocycles. The van der Waals surface area contributed by atoms with E-state index in [1.807, 2.05) is 70.3 Å². The van der Waals surface area contributed by atoms with Crippen molar-refractivity contribution < 1.29 is 9.59 Å². The minimum absolute atomic E-state index is 0.0149. The van der Waals surface area contributed by atoms with Crippen LogP contribution >= 0.6 is 0 Å². The molecular weight excluding hydrogens is 414 g/mol. The molecule has 33 heavy (non-hydrogen) atoms. The van der Waals surface area contributed by atoms with Crippen LogP contribution in [0.15, 0.2) is 79.5 Å². The van der Waals surface area contributed by atoms with E-state index in [9.17, 15) is 9.59 Å². The fourth-order valence-electron chi connectivity index (χ4n) is 4.47. The summed E-state index contributed by atoms with van der Waals surface area (Å²) >= 11 is 0. The molecule has 0 unspecified atom stereocenters. The minimum Gasteiger partial charge on any atom is -0.352 e. The second-order valence-corrected chi connectivity index (χ2v) is 8.29. The second-order valence-electron chi connectivity index (χ2n) is 8.29. The smallest absolute Gasteiger partial charge is 0.254 e. The highest BCUT2D eigenvalue weighted by Crippen LogP contribution is 2.24. The van der Waals surface area contributed by atoms with Gasteiger partial charge in [-0.1, -0.05) is 42.5 Å². The monoisotopic (exact) mass is 439 g/mol. The molecule has 2 aromatic heterocycles. The molecule has 1 saturated heterocycles. The second kappa shape index (κ2) is 9.24. The Hall–Kier alpha value is -4.00. The van der Waals surface area contributed by atoms with E-state index in [1.54, 1.807) is 18.7 Å². The summed E-state index contributed by atoms with van der Waals surface area (Å²) in [5, 5.41) is 5.04. The Kier molecular flexibility index (Phi) is 5.85. The molecule has 7 heteroatoms. The maximum Gasteiger partial charge on any atom is 0.254 e. The van der Waals surface area contributed by atoms with Gasteiger partial charge in [0.1, 0.15) is 12.1 Å². The average Bonchev–Trinajstić information content (AvgIpc) is 3.42. The first kappa shape index (κ1) is 20.9. The number of carbonyl (C=O) groups is 2. The highest BCUT2D eigenvalue weighted by atomic mass is 16.2. The normalized spacial score (nSPS) is 16.0. The van der Waals surface area contributed by atoms with Crippen molar-refractivity contribution in [1.82, 2.24) is 24.8 Å². The lowest BCUT2D eigenvalue weighted by molar-refractivity contribution is -0.126. The predicted octanol–water partition coefficient (Wildman–Crippen LogP) is 3.59. The lowest BCUT2D eigenvalue weighted by Gasteiger charge is -2.32. The van der Waals surface area contributed by atoms with Gasteiger partial charge in [0.25, 0.3) is 5.91 Å². The van der Waals surface area contributed by atoms with E-state index >= 15 is 0 Å². The Morgan fingerprint density at radius 2 is 1.91 bits per heavy atom. The molecular formula is C26H25N5O2. The molecule has 2 amide bonds. The van der Waals surface area contributed by atoms with Gasteiger partial charge in [-0.3, -0.25) is 14.2 Å². The van der Waals surface area contributed by atoms with Crippen molar-refractivity contribution in [2.45, 2.75) is 19.4 Å². The Labute approximate surface area is 192 Å². The van der Waals surface area contributed by atoms with E-state index in [0.29, 0.717) is 25.2 Å². The number of imidazole rings is 1. The Morgan fingerprint density at radius 1 is 1.03 bits per heavy atom. The van der Waals surface area contributed by atoms with Crippen molar-refractivity contribution in [2.75, 3.05) is 13.1 Å². The molecule has 0 radical (unpaired) electrons. The lowest BCUT2D eigenvalue weighted by Crippen LogP contribution is -2.45. The van der Waals surface area contributed by atoms with Crippen molar-refractivity contribution in [1.29, 1.82) is 0 Å². The van der Waals surface area contributed by atoms with Crippen molar-refractivity contribution in [3.63, 3.8) is 0 Å². The highest BCUT2D eigenvalue weighted by Gasteiger charge is 2.29. The zero-order valence-corrected chi connectivity index (χ0v) is 18.2. The first-order valence-electron chi connectivity index (χ1n) is 11.2. The first-order chi connectivity index (χ1) is 16.2. The zero-order valence-electron chi connectivity index (χ0n) is 18.2. The lowest BCUT2D eigenvalue weighted by atomic mass is 9.95. The maximum atomic E-state index is 13.3. The van der Waals surface area contributed by atoms with Crippen LogP contribution in [0.3, 0.4) is 0 Å². The number of nitrogens with zero attached hydrogens (tertiary/aromatic N) is 4. The van der Waals surface area contributed by atoms with Crippen LogP contribution in [0, 0.1) is 5.92 Å². The van der Waals surface area contributed by atoms with E-state index in [4.69, 9.17) is 0 Å². The van der Waals surface area contributed by atoms with Gasteiger partial charge in [-0.15, -0.1) is 0 Å². The van der Waals surface area contributed by atoms with E-state index in [1.165, 1.54) is 0 Å². The van der Waals surface area contributed by atoms with Gasteiger partial charge in [0, 0.05) is 49.4 Å². The Balaban J connectivity index is 1.27. The molecule has 0 aliphatic carbocycles. The molecule has 1 aliphatic rings. The van der Waals surface area contributed by atoms with Gasteiger partial charge in [0.05, 0.1) is 5.92 Å². The summed E-state index contributed by atoms with van der Waals surface area (Å²) in [5.74, 6) is 0.461. The molecule has 2 aromatic carbocycles. The van der Waals surface area contributed by atoms with Crippen LogP contribution in [0.4, 0.5) is 0 Å². The highest BCUT2D eigenvalue weighted by molar-refractivity contribution is 6.07. The number of piperidine rings is 1. The number of likely N-dealkylation sites (tertiary alicyclic amines) is 1. The summed E-state index contributed by atoms with van der Waals surface area (Å²) in [6.45, 7) is 1.46. The van der Waals surface area contributed by atoms with Gasteiger partial charge < -0.3 is 10.2 Å². The third kappa shape index (κ3) is 4.35. The third-order valence-electron chi connectivity index (χ3n) is 6.17. The van der Waals surface area contributed by atoms with Crippen molar-refractivity contribution in [3.05, 3.63) is 90.6 Å². The molecule has 0 spiro atoms. The predicted molar refractivity (Wildman–Crippen MR) is 126 cm³/mol. The van der Waals surface area contributed by atoms with Crippen LogP contribution in [0.2, 0.25) is 0 Å². The summed E-state index contributed by atoms with van der Waals surface area (Å²) in [6.07, 6.45) is 8.50. The first-order valence-corrected chi connectivity index (χ1v) is 11.2. The summed E-state index contributed by atoms with van der Waals surface area (Å²) in [6, 6.07) is 17.5. The largest absolute Gasteiger partial charge is 0.352 e. The Morgan fingerprint density at radius 3 is 2.79 bits per heavy atom. The van der Waals surface area contributed by atoms with Crippen molar-refractivity contribution in [3.8, 4) is 5.82 Å². The zero-order chi connectivity index (χ0) is 22.6. The number of benzene rings is 2. The van der Waals surface area contributed by atoms with Gasteiger partial charge >= 0.3 is 0 Å². The number of carbonyl (C=O) groups excluding carboxylic acids is 2. The number of fused-ring (bicyclic) bond motifs is 1. The van der Waals surface area contributed by atoms with E-state index in [2.05, 4.69) is 15.3 Å². The third-order valence-corrected chi connectivity index (χ3v) is 6.17. The summed E-state index contributed by atoms with van der Waals surface area (Å²) in [7, 11) is 0. The van der Waals surface area contributed by atoms with Gasteiger partial charge in [-0.05, 0) is 35.7 Å². The topological polar surface area (TPSA) is 80.1 Å². The standard InChI is InChI=1S/C26H25N5O2/c32-25(29-16-20-8-4-12-28-24(20)31-15-13-27-18-31)21-9-5-14-30(17-21)26(33)23-11-3-7-19-6-1-2-10-22(19)23/h1-4,6-8,10-13,15,18,21H,5,9,14,16-17H2,(H,29,32)/t21-/m0/s1. The molecule has 1 fully saturated rings. The van der Waals surface area contributed by atoms with E-state index in [-0.39, 0.29) is 17.7 Å². The number of hydrogen-bond donors (Lipinski definition) is 1. The minimum atomic E-state index is -0.231. The summed E-state index contributed by atoms with van der Waals surface area (Å²) in [4.78, 5) is 36.6. The van der Waals surface area contributed by atoms with Crippen molar-refractivity contribution in [2.24, 2.45) is 5.92 Å².